The molecule has 162 valence electrons. The Hall–Kier alpha value is -3.68. The normalized spacial score (nSPS) is 17.2. The highest BCUT2D eigenvalue weighted by Crippen LogP contribution is 2.33. The van der Waals surface area contributed by atoms with Gasteiger partial charge in [0.2, 0.25) is 5.91 Å². The molecule has 0 unspecified atom stereocenters. The van der Waals surface area contributed by atoms with Gasteiger partial charge in [-0.1, -0.05) is 12.1 Å². The topological polar surface area (TPSA) is 110 Å². The molecule has 0 spiro atoms. The minimum Gasteiger partial charge on any atom is -0.424 e. The molecule has 1 aliphatic carbocycles. The monoisotopic (exact) mass is 428 g/mol. The highest BCUT2D eigenvalue weighted by molar-refractivity contribution is 5.93. The number of aromatic nitrogens is 3. The fourth-order valence-electron chi connectivity index (χ4n) is 4.50. The molecule has 3 heterocycles. The molecule has 2 fully saturated rings. The fourth-order valence-corrected chi connectivity index (χ4v) is 4.50. The van der Waals surface area contributed by atoms with Crippen LogP contribution >= 0.6 is 0 Å². The molecule has 3 N–H and O–H groups in total. The summed E-state index contributed by atoms with van der Waals surface area (Å²) in [6.45, 7) is 1.62. The van der Waals surface area contributed by atoms with Gasteiger partial charge in [-0.15, -0.1) is 0 Å². The summed E-state index contributed by atoms with van der Waals surface area (Å²) in [5, 5.41) is 4.58. The third-order valence-corrected chi connectivity index (χ3v) is 6.45. The summed E-state index contributed by atoms with van der Waals surface area (Å²) >= 11 is 0. The molecule has 2 aromatic heterocycles. The number of nitrogens with zero attached hydrogens (tertiary/aromatic N) is 4. The number of hydrogen-bond donors (Lipinski definition) is 2. The minimum absolute atomic E-state index is 0.167. The van der Waals surface area contributed by atoms with Gasteiger partial charge in [0.05, 0.1) is 5.52 Å². The highest BCUT2D eigenvalue weighted by atomic mass is 16.4. The predicted octanol–water partition coefficient (Wildman–Crippen LogP) is 3.83. The van der Waals surface area contributed by atoms with E-state index in [1.807, 2.05) is 35.2 Å². The van der Waals surface area contributed by atoms with Crippen molar-refractivity contribution in [1.82, 2.24) is 19.9 Å². The Kier molecular flexibility index (Phi) is 4.45. The number of anilines is 2. The Labute approximate surface area is 184 Å². The molecule has 2 aromatic carbocycles. The van der Waals surface area contributed by atoms with Gasteiger partial charge in [-0.05, 0) is 61.1 Å². The van der Waals surface area contributed by atoms with Crippen LogP contribution in [0.4, 0.5) is 11.8 Å². The van der Waals surface area contributed by atoms with Gasteiger partial charge >= 0.3 is 0 Å². The van der Waals surface area contributed by atoms with Crippen LogP contribution in [0.1, 0.15) is 25.7 Å². The van der Waals surface area contributed by atoms with Crippen molar-refractivity contribution in [3.05, 3.63) is 42.7 Å². The average molecular weight is 428 g/mol. The lowest BCUT2D eigenvalue weighted by molar-refractivity contribution is -0.133. The third kappa shape index (κ3) is 3.51. The number of carbonyl (C=O) groups excluding carboxylic acids is 1. The number of benzene rings is 2. The molecule has 1 saturated heterocycles. The first-order valence-electron chi connectivity index (χ1n) is 11.1. The van der Waals surface area contributed by atoms with Crippen LogP contribution in [0.5, 0.6) is 0 Å². The summed E-state index contributed by atoms with van der Waals surface area (Å²) in [6, 6.07) is 12.5. The van der Waals surface area contributed by atoms with E-state index < -0.39 is 0 Å². The average Bonchev–Trinajstić information content (AvgIpc) is 3.59. The van der Waals surface area contributed by atoms with Gasteiger partial charge in [-0.2, -0.15) is 4.98 Å². The summed E-state index contributed by atoms with van der Waals surface area (Å²) in [7, 11) is 0. The lowest BCUT2D eigenvalue weighted by Crippen LogP contribution is -2.43. The zero-order valence-electron chi connectivity index (χ0n) is 17.6. The standard InChI is InChI=1S/C24H24N6O2/c25-24-29-20-12-16(4-6-21(20)32-24)15-3-5-19-18(11-15)22(27-13-26-19)28-17-7-9-30(10-8-17)23(31)14-1-2-14/h3-6,11-14,17H,1-2,7-10H2,(H2,25,29)(H,26,27,28). The minimum atomic E-state index is 0.167. The summed E-state index contributed by atoms with van der Waals surface area (Å²) in [4.78, 5) is 27.6. The van der Waals surface area contributed by atoms with Crippen LogP contribution in [0.2, 0.25) is 0 Å². The van der Waals surface area contributed by atoms with Crippen molar-refractivity contribution in [3.63, 3.8) is 0 Å². The number of nitrogens with one attached hydrogen (secondary N) is 1. The van der Waals surface area contributed by atoms with Crippen molar-refractivity contribution in [2.75, 3.05) is 24.1 Å². The van der Waals surface area contributed by atoms with Gasteiger partial charge in [-0.25, -0.2) is 9.97 Å². The maximum Gasteiger partial charge on any atom is 0.292 e. The Morgan fingerprint density at radius 3 is 2.59 bits per heavy atom. The zero-order valence-corrected chi connectivity index (χ0v) is 17.6. The SMILES string of the molecule is Nc1nc2cc(-c3ccc4ncnc(NC5CCN(C(=O)C6CC6)CC5)c4c3)ccc2o1. The number of likely N-dealkylation sites (tertiary alicyclic amines) is 1. The van der Waals surface area contributed by atoms with Crippen LogP contribution < -0.4 is 11.1 Å². The molecule has 8 nitrogen and oxygen atoms in total. The lowest BCUT2D eigenvalue weighted by atomic mass is 10.0. The molecule has 32 heavy (non-hydrogen) atoms. The molecule has 8 heteroatoms. The van der Waals surface area contributed by atoms with Gasteiger partial charge in [0.15, 0.2) is 5.58 Å². The lowest BCUT2D eigenvalue weighted by Gasteiger charge is -2.33. The van der Waals surface area contributed by atoms with E-state index in [1.165, 1.54) is 0 Å². The molecule has 1 amide bonds. The molecular weight excluding hydrogens is 404 g/mol. The number of rotatable bonds is 4. The van der Waals surface area contributed by atoms with Crippen molar-refractivity contribution in [2.45, 2.75) is 31.7 Å². The molecule has 4 aromatic rings. The van der Waals surface area contributed by atoms with E-state index in [0.29, 0.717) is 11.5 Å². The number of amides is 1. The number of nitrogen functional groups attached to an aromatic ring is 1. The Morgan fingerprint density at radius 2 is 1.78 bits per heavy atom. The Bertz CT molecular complexity index is 1320. The van der Waals surface area contributed by atoms with Crippen LogP contribution in [0.15, 0.2) is 47.1 Å². The van der Waals surface area contributed by atoms with E-state index in [9.17, 15) is 4.79 Å². The first-order valence-corrected chi connectivity index (χ1v) is 11.1. The van der Waals surface area contributed by atoms with Gasteiger partial charge in [-0.3, -0.25) is 4.79 Å². The first-order chi connectivity index (χ1) is 15.6. The van der Waals surface area contributed by atoms with Crippen LogP contribution in [0.25, 0.3) is 33.1 Å². The van der Waals surface area contributed by atoms with E-state index in [4.69, 9.17) is 10.2 Å². The van der Waals surface area contributed by atoms with Crippen molar-refractivity contribution in [1.29, 1.82) is 0 Å². The Morgan fingerprint density at radius 1 is 1.00 bits per heavy atom. The predicted molar refractivity (Wildman–Crippen MR) is 123 cm³/mol. The number of nitrogens with two attached hydrogens (primary N) is 1. The van der Waals surface area contributed by atoms with E-state index in [-0.39, 0.29) is 18.0 Å². The number of piperidine rings is 1. The van der Waals surface area contributed by atoms with Gasteiger partial charge in [0.25, 0.3) is 6.01 Å². The van der Waals surface area contributed by atoms with E-state index in [1.54, 1.807) is 6.33 Å². The highest BCUT2D eigenvalue weighted by Gasteiger charge is 2.35. The van der Waals surface area contributed by atoms with Crippen LogP contribution in [0.3, 0.4) is 0 Å². The molecule has 1 saturated carbocycles. The molecule has 0 bridgehead atoms. The van der Waals surface area contributed by atoms with E-state index >= 15 is 0 Å². The zero-order chi connectivity index (χ0) is 21.7. The molecule has 1 aliphatic heterocycles. The third-order valence-electron chi connectivity index (χ3n) is 6.45. The second kappa shape index (κ2) is 7.47. The van der Waals surface area contributed by atoms with Crippen LogP contribution in [-0.2, 0) is 4.79 Å². The largest absolute Gasteiger partial charge is 0.424 e. The van der Waals surface area contributed by atoms with Crippen molar-refractivity contribution < 1.29 is 9.21 Å². The second-order valence-electron chi connectivity index (χ2n) is 8.71. The van der Waals surface area contributed by atoms with Gasteiger partial charge in [0, 0.05) is 30.4 Å². The first kappa shape index (κ1) is 19.0. The Balaban J connectivity index is 1.25. The molecule has 2 aliphatic rings. The number of carbonyl (C=O) groups is 1. The van der Waals surface area contributed by atoms with Crippen molar-refractivity contribution in [3.8, 4) is 11.1 Å². The number of fused-ring (bicyclic) bond motifs is 2. The van der Waals surface area contributed by atoms with Crippen molar-refractivity contribution in [2.24, 2.45) is 5.92 Å². The van der Waals surface area contributed by atoms with Crippen molar-refractivity contribution >= 4 is 39.7 Å². The molecule has 6 rings (SSSR count). The van der Waals surface area contributed by atoms with E-state index in [2.05, 4.69) is 26.3 Å². The quantitative estimate of drug-likeness (QED) is 0.508. The molecule has 0 radical (unpaired) electrons. The van der Waals surface area contributed by atoms with Gasteiger partial charge in [0.1, 0.15) is 17.7 Å². The summed E-state index contributed by atoms with van der Waals surface area (Å²) < 4.78 is 5.38. The summed E-state index contributed by atoms with van der Waals surface area (Å²) in [6.07, 6.45) is 5.56. The van der Waals surface area contributed by atoms with Gasteiger partial charge < -0.3 is 20.4 Å². The molecular formula is C24H24N6O2. The maximum absolute atomic E-state index is 12.3. The second-order valence-corrected chi connectivity index (χ2v) is 8.71. The van der Waals surface area contributed by atoms with Crippen LogP contribution in [-0.4, -0.2) is 44.9 Å². The maximum atomic E-state index is 12.3. The van der Waals surface area contributed by atoms with E-state index in [0.717, 1.165) is 72.1 Å². The number of hydrogen-bond acceptors (Lipinski definition) is 7. The number of oxazole rings is 1. The smallest absolute Gasteiger partial charge is 0.292 e. The fraction of sp³-hybridized carbons (Fsp3) is 0.333. The summed E-state index contributed by atoms with van der Waals surface area (Å²) in [5.74, 6) is 1.46. The van der Waals surface area contributed by atoms with Crippen LogP contribution in [0, 0.1) is 5.92 Å². The summed E-state index contributed by atoms with van der Waals surface area (Å²) in [5.41, 5.74) is 10.0. The molecule has 0 atom stereocenters.